The van der Waals surface area contributed by atoms with E-state index in [9.17, 15) is 0 Å². The number of benzene rings is 1. The van der Waals surface area contributed by atoms with Gasteiger partial charge in [-0.25, -0.2) is 0 Å². The lowest BCUT2D eigenvalue weighted by Crippen LogP contribution is -2.15. The lowest BCUT2D eigenvalue weighted by Gasteiger charge is -2.22. The Morgan fingerprint density at radius 1 is 1.56 bits per heavy atom. The van der Waals surface area contributed by atoms with Crippen molar-refractivity contribution >= 4 is 0 Å². The first-order valence-corrected chi connectivity index (χ1v) is 5.15. The molecule has 1 aliphatic rings. The highest BCUT2D eigenvalue weighted by atomic mass is 15.2. The molecule has 16 heavy (non-hydrogen) atoms. The highest BCUT2D eigenvalue weighted by molar-refractivity contribution is 5.44. The third-order valence-corrected chi connectivity index (χ3v) is 3.12. The molecule has 0 fully saturated rings. The summed E-state index contributed by atoms with van der Waals surface area (Å²) in [6.07, 6.45) is 0.887. The Morgan fingerprint density at radius 3 is 2.94 bits per heavy atom. The maximum absolute atomic E-state index is 8.86. The summed E-state index contributed by atoms with van der Waals surface area (Å²) < 4.78 is 0. The Kier molecular flexibility index (Phi) is 2.34. The molecule has 0 radical (unpaired) electrons. The van der Waals surface area contributed by atoms with Crippen LogP contribution in [0.4, 0.5) is 0 Å². The quantitative estimate of drug-likeness (QED) is 0.399. The average molecular weight is 212 g/mol. The second-order valence-corrected chi connectivity index (χ2v) is 4.80. The number of hydrogen-bond donors (Lipinski definition) is 0. The monoisotopic (exact) mass is 212 g/mol. The molecule has 1 atom stereocenters. The number of hydrogen-bond acceptors (Lipinski definition) is 2. The largest absolute Gasteiger partial charge is 0.192 e. The van der Waals surface area contributed by atoms with E-state index in [1.807, 2.05) is 18.2 Å². The number of rotatable bonds is 1. The van der Waals surface area contributed by atoms with E-state index in [0.717, 1.165) is 12.0 Å². The van der Waals surface area contributed by atoms with Crippen LogP contribution in [-0.4, -0.2) is 0 Å². The molecule has 4 heteroatoms. The van der Waals surface area contributed by atoms with Crippen LogP contribution in [0.3, 0.4) is 0 Å². The van der Waals surface area contributed by atoms with Crippen molar-refractivity contribution in [2.45, 2.75) is 26.3 Å². The summed E-state index contributed by atoms with van der Waals surface area (Å²) in [5.74, 6) is 0. The molecule has 0 amide bonds. The van der Waals surface area contributed by atoms with Gasteiger partial charge in [0.2, 0.25) is 0 Å². The van der Waals surface area contributed by atoms with Gasteiger partial charge in [0, 0.05) is 4.91 Å². The van der Waals surface area contributed by atoms with E-state index in [0.29, 0.717) is 5.56 Å². The van der Waals surface area contributed by atoms with Crippen LogP contribution in [0.25, 0.3) is 10.4 Å². The fourth-order valence-corrected chi connectivity index (χ4v) is 2.36. The third kappa shape index (κ3) is 1.52. The van der Waals surface area contributed by atoms with Crippen molar-refractivity contribution in [2.24, 2.45) is 10.5 Å². The fraction of sp³-hybridized carbons (Fsp3) is 0.417. The molecule has 1 aromatic rings. The molecule has 1 unspecified atom stereocenters. The van der Waals surface area contributed by atoms with E-state index in [4.69, 9.17) is 10.8 Å². The molecule has 0 aromatic heterocycles. The fourth-order valence-electron chi connectivity index (χ4n) is 2.36. The highest BCUT2D eigenvalue weighted by Gasteiger charge is 2.38. The zero-order valence-corrected chi connectivity index (χ0v) is 9.31. The van der Waals surface area contributed by atoms with Crippen molar-refractivity contribution in [2.75, 3.05) is 0 Å². The smallest absolute Gasteiger partial charge is 0.0991 e. The van der Waals surface area contributed by atoms with Crippen LogP contribution in [0.1, 0.15) is 36.6 Å². The van der Waals surface area contributed by atoms with Crippen molar-refractivity contribution in [3.63, 3.8) is 0 Å². The molecule has 0 N–H and O–H groups in total. The molecule has 0 heterocycles. The van der Waals surface area contributed by atoms with Gasteiger partial charge in [-0.05, 0) is 40.6 Å². The Labute approximate surface area is 94.1 Å². The molecule has 2 rings (SSSR count). The normalized spacial score (nSPS) is 20.7. The van der Waals surface area contributed by atoms with E-state index in [-0.39, 0.29) is 11.5 Å². The van der Waals surface area contributed by atoms with Crippen molar-refractivity contribution in [3.8, 4) is 6.07 Å². The second kappa shape index (κ2) is 3.55. The second-order valence-electron chi connectivity index (χ2n) is 4.80. The number of nitrogens with zero attached hydrogens (tertiary/aromatic N) is 4. The highest BCUT2D eigenvalue weighted by Crippen LogP contribution is 2.47. The van der Waals surface area contributed by atoms with Crippen molar-refractivity contribution < 1.29 is 0 Å². The number of fused-ring (bicyclic) bond motifs is 1. The van der Waals surface area contributed by atoms with E-state index in [1.54, 1.807) is 0 Å². The van der Waals surface area contributed by atoms with Crippen LogP contribution >= 0.6 is 0 Å². The van der Waals surface area contributed by atoms with Crippen LogP contribution in [0, 0.1) is 16.7 Å². The molecule has 4 nitrogen and oxygen atoms in total. The van der Waals surface area contributed by atoms with E-state index in [1.165, 1.54) is 5.56 Å². The summed E-state index contributed by atoms with van der Waals surface area (Å²) in [5, 5.41) is 12.7. The van der Waals surface area contributed by atoms with E-state index >= 15 is 0 Å². The molecule has 1 aliphatic carbocycles. The van der Waals surface area contributed by atoms with Gasteiger partial charge < -0.3 is 0 Å². The third-order valence-electron chi connectivity index (χ3n) is 3.12. The maximum atomic E-state index is 8.86. The minimum absolute atomic E-state index is 0.0668. The molecule has 0 aliphatic heterocycles. The minimum Gasteiger partial charge on any atom is -0.192 e. The van der Waals surface area contributed by atoms with Crippen LogP contribution in [0.2, 0.25) is 0 Å². The molecule has 0 spiro atoms. The standard InChI is InChI=1S/C12H12N4/c1-12(2)6-9-4-3-8(7-13)5-10(9)11(12)15-16-14/h3-5,11H,6H2,1-2H3. The summed E-state index contributed by atoms with van der Waals surface area (Å²) in [7, 11) is 0. The van der Waals surface area contributed by atoms with Crippen molar-refractivity contribution in [3.05, 3.63) is 45.3 Å². The summed E-state index contributed by atoms with van der Waals surface area (Å²) in [5.41, 5.74) is 11.3. The van der Waals surface area contributed by atoms with Gasteiger partial charge in [-0.3, -0.25) is 0 Å². The first kappa shape index (κ1) is 10.5. The maximum Gasteiger partial charge on any atom is 0.0991 e. The summed E-state index contributed by atoms with van der Waals surface area (Å²) in [6.45, 7) is 4.16. The van der Waals surface area contributed by atoms with Crippen molar-refractivity contribution in [1.82, 2.24) is 0 Å². The van der Waals surface area contributed by atoms with Crippen LogP contribution in [0.5, 0.6) is 0 Å². The van der Waals surface area contributed by atoms with Crippen molar-refractivity contribution in [1.29, 1.82) is 5.26 Å². The van der Waals surface area contributed by atoms with Crippen LogP contribution < -0.4 is 0 Å². The molecular formula is C12H12N4. The topological polar surface area (TPSA) is 72.5 Å². The lowest BCUT2D eigenvalue weighted by atomic mass is 9.86. The molecule has 0 saturated heterocycles. The van der Waals surface area contributed by atoms with Gasteiger partial charge in [0.05, 0.1) is 17.7 Å². The van der Waals surface area contributed by atoms with E-state index < -0.39 is 0 Å². The van der Waals surface area contributed by atoms with Gasteiger partial charge in [0.1, 0.15) is 0 Å². The molecule has 0 saturated carbocycles. The minimum atomic E-state index is -0.166. The zero-order valence-electron chi connectivity index (χ0n) is 9.31. The SMILES string of the molecule is CC1(C)Cc2ccc(C#N)cc2C1N=[N+]=[N-]. The van der Waals surface area contributed by atoms with Crippen LogP contribution in [0.15, 0.2) is 23.3 Å². The molecular weight excluding hydrogens is 200 g/mol. The van der Waals surface area contributed by atoms with Crippen LogP contribution in [-0.2, 0) is 6.42 Å². The van der Waals surface area contributed by atoms with Gasteiger partial charge in [0.25, 0.3) is 0 Å². The first-order valence-electron chi connectivity index (χ1n) is 5.15. The zero-order chi connectivity index (χ0) is 11.8. The lowest BCUT2D eigenvalue weighted by molar-refractivity contribution is 0.318. The number of nitriles is 1. The average Bonchev–Trinajstić information content (AvgIpc) is 2.50. The van der Waals surface area contributed by atoms with E-state index in [2.05, 4.69) is 29.9 Å². The van der Waals surface area contributed by atoms with Gasteiger partial charge in [-0.15, -0.1) is 0 Å². The van der Waals surface area contributed by atoms with Gasteiger partial charge >= 0.3 is 0 Å². The summed E-state index contributed by atoms with van der Waals surface area (Å²) in [6, 6.07) is 7.56. The Hall–Kier alpha value is -1.98. The Balaban J connectivity index is 2.57. The Morgan fingerprint density at radius 2 is 2.31 bits per heavy atom. The summed E-state index contributed by atoms with van der Waals surface area (Å²) >= 11 is 0. The van der Waals surface area contributed by atoms with Gasteiger partial charge in [-0.2, -0.15) is 5.26 Å². The molecule has 80 valence electrons. The summed E-state index contributed by atoms with van der Waals surface area (Å²) in [4.78, 5) is 2.91. The van der Waals surface area contributed by atoms with Gasteiger partial charge in [0.15, 0.2) is 0 Å². The predicted octanol–water partition coefficient (Wildman–Crippen LogP) is 3.49. The number of azide groups is 1. The van der Waals surface area contributed by atoms with Gasteiger partial charge in [-0.1, -0.05) is 25.0 Å². The first-order chi connectivity index (χ1) is 7.58. The Bertz CT molecular complexity index is 518. The molecule has 1 aromatic carbocycles. The predicted molar refractivity (Wildman–Crippen MR) is 60.5 cm³/mol. The molecule has 0 bridgehead atoms.